The lowest BCUT2D eigenvalue weighted by Crippen LogP contribution is -2.47. The van der Waals surface area contributed by atoms with Crippen molar-refractivity contribution < 1.29 is 0 Å². The molecule has 1 saturated heterocycles. The first-order valence-electron chi connectivity index (χ1n) is 3.49. The van der Waals surface area contributed by atoms with Gasteiger partial charge in [-0.1, -0.05) is 0 Å². The van der Waals surface area contributed by atoms with Crippen molar-refractivity contribution in [3.63, 3.8) is 0 Å². The van der Waals surface area contributed by atoms with Crippen LogP contribution in [0.15, 0.2) is 0 Å². The third-order valence-electron chi connectivity index (χ3n) is 1.56. The van der Waals surface area contributed by atoms with Crippen molar-refractivity contribution in [2.75, 3.05) is 19.0 Å². The van der Waals surface area contributed by atoms with Gasteiger partial charge in [0.2, 0.25) is 0 Å². The molecule has 58 valence electrons. The van der Waals surface area contributed by atoms with Gasteiger partial charge >= 0.3 is 0 Å². The number of hydrogen-bond donors (Lipinski definition) is 2. The summed E-state index contributed by atoms with van der Waals surface area (Å²) in [6, 6.07) is 0. The fourth-order valence-electron chi connectivity index (χ4n) is 0.991. The van der Waals surface area contributed by atoms with Crippen LogP contribution < -0.4 is 5.43 Å². The van der Waals surface area contributed by atoms with Crippen molar-refractivity contribution >= 4 is 17.4 Å². The van der Waals surface area contributed by atoms with Crippen LogP contribution in [0.4, 0.5) is 0 Å². The van der Waals surface area contributed by atoms with E-state index < -0.39 is 0 Å². The summed E-state index contributed by atoms with van der Waals surface area (Å²) in [6.07, 6.45) is 2.36. The minimum absolute atomic E-state index is 0.299. The summed E-state index contributed by atoms with van der Waals surface area (Å²) in [5.74, 6) is 0.772. The fourth-order valence-corrected chi connectivity index (χ4v) is 1.13. The summed E-state index contributed by atoms with van der Waals surface area (Å²) < 4.78 is 0. The highest BCUT2D eigenvalue weighted by Gasteiger charge is 2.10. The van der Waals surface area contributed by atoms with Crippen molar-refractivity contribution in [3.05, 3.63) is 0 Å². The largest absolute Gasteiger partial charge is 0.295 e. The highest BCUT2D eigenvalue weighted by molar-refractivity contribution is 6.27. The van der Waals surface area contributed by atoms with Gasteiger partial charge in [-0.2, -0.15) is 0 Å². The van der Waals surface area contributed by atoms with E-state index in [1.165, 1.54) is 6.42 Å². The Labute approximate surface area is 65.8 Å². The number of amidine groups is 1. The van der Waals surface area contributed by atoms with Gasteiger partial charge in [0.15, 0.2) is 0 Å². The number of rotatable bonds is 1. The summed E-state index contributed by atoms with van der Waals surface area (Å²) in [5, 5.41) is 9.18. The van der Waals surface area contributed by atoms with Gasteiger partial charge in [0.05, 0.1) is 5.88 Å². The SMILES string of the molecule is N=C(CCl)N1CCCCN1. The molecule has 0 unspecified atom stereocenters. The van der Waals surface area contributed by atoms with Gasteiger partial charge in [-0.05, 0) is 12.8 Å². The molecule has 1 aliphatic heterocycles. The third kappa shape index (κ3) is 1.85. The first-order valence-corrected chi connectivity index (χ1v) is 4.02. The van der Waals surface area contributed by atoms with E-state index in [4.69, 9.17) is 17.0 Å². The summed E-state index contributed by atoms with van der Waals surface area (Å²) in [4.78, 5) is 0. The van der Waals surface area contributed by atoms with Gasteiger partial charge in [-0.3, -0.25) is 10.4 Å². The molecular formula is C6H12ClN3. The highest BCUT2D eigenvalue weighted by atomic mass is 35.5. The second-order valence-electron chi connectivity index (χ2n) is 2.35. The molecule has 0 radical (unpaired) electrons. The number of nitrogens with zero attached hydrogens (tertiary/aromatic N) is 1. The average Bonchev–Trinajstić information content (AvgIpc) is 2.05. The van der Waals surface area contributed by atoms with E-state index in [9.17, 15) is 0 Å². The van der Waals surface area contributed by atoms with Gasteiger partial charge in [0.25, 0.3) is 0 Å². The van der Waals surface area contributed by atoms with Crippen LogP contribution in [0.3, 0.4) is 0 Å². The normalized spacial score (nSPS) is 19.1. The van der Waals surface area contributed by atoms with Crippen LogP contribution >= 0.6 is 11.6 Å². The van der Waals surface area contributed by atoms with Gasteiger partial charge < -0.3 is 0 Å². The Bertz CT molecular complexity index is 120. The molecule has 0 spiro atoms. The molecule has 1 fully saturated rings. The number of hydrazine groups is 1. The molecule has 0 atom stereocenters. The molecule has 3 nitrogen and oxygen atoms in total. The second-order valence-corrected chi connectivity index (χ2v) is 2.61. The van der Waals surface area contributed by atoms with Crippen LogP contribution in [0.1, 0.15) is 12.8 Å². The highest BCUT2D eigenvalue weighted by Crippen LogP contribution is 2.00. The molecule has 0 aliphatic carbocycles. The van der Waals surface area contributed by atoms with Gasteiger partial charge in [0.1, 0.15) is 5.84 Å². The molecule has 10 heavy (non-hydrogen) atoms. The van der Waals surface area contributed by atoms with Crippen LogP contribution in [0.2, 0.25) is 0 Å². The van der Waals surface area contributed by atoms with Crippen molar-refractivity contribution in [2.24, 2.45) is 0 Å². The molecule has 0 aromatic carbocycles. The van der Waals surface area contributed by atoms with Crippen molar-refractivity contribution in [1.82, 2.24) is 10.4 Å². The smallest absolute Gasteiger partial charge is 0.125 e. The van der Waals surface area contributed by atoms with E-state index in [0.29, 0.717) is 11.7 Å². The first-order chi connectivity index (χ1) is 4.84. The third-order valence-corrected chi connectivity index (χ3v) is 1.82. The molecule has 0 aromatic heterocycles. The summed E-state index contributed by atoms with van der Waals surface area (Å²) in [6.45, 7) is 1.89. The number of alkyl halides is 1. The molecule has 0 saturated carbocycles. The van der Waals surface area contributed by atoms with Crippen LogP contribution in [0.25, 0.3) is 0 Å². The quantitative estimate of drug-likeness (QED) is 0.339. The molecular weight excluding hydrogens is 150 g/mol. The lowest BCUT2D eigenvalue weighted by Gasteiger charge is -2.28. The zero-order valence-electron chi connectivity index (χ0n) is 5.86. The maximum Gasteiger partial charge on any atom is 0.125 e. The van der Waals surface area contributed by atoms with Crippen LogP contribution in [-0.4, -0.2) is 29.8 Å². The van der Waals surface area contributed by atoms with E-state index in [1.807, 2.05) is 5.01 Å². The predicted octanol–water partition coefficient (Wildman–Crippen LogP) is 0.803. The monoisotopic (exact) mass is 161 g/mol. The maximum absolute atomic E-state index is 7.36. The Morgan fingerprint density at radius 3 is 2.90 bits per heavy atom. The Hall–Kier alpha value is -0.280. The molecule has 1 rings (SSSR count). The zero-order chi connectivity index (χ0) is 7.40. The molecule has 1 heterocycles. The Balaban J connectivity index is 2.31. The Morgan fingerprint density at radius 2 is 2.40 bits per heavy atom. The van der Waals surface area contributed by atoms with E-state index in [1.54, 1.807) is 0 Å². The number of hydrogen-bond acceptors (Lipinski definition) is 2. The lowest BCUT2D eigenvalue weighted by molar-refractivity contribution is 0.254. The standard InChI is InChI=1S/C6H12ClN3/c7-5-6(8)10-4-2-1-3-9-10/h8-9H,1-5H2. The van der Waals surface area contributed by atoms with Crippen molar-refractivity contribution in [3.8, 4) is 0 Å². The van der Waals surface area contributed by atoms with Gasteiger partial charge in [0, 0.05) is 13.1 Å². The summed E-state index contributed by atoms with van der Waals surface area (Å²) in [5.41, 5.74) is 3.09. The molecule has 0 amide bonds. The fraction of sp³-hybridized carbons (Fsp3) is 0.833. The van der Waals surface area contributed by atoms with E-state index in [-0.39, 0.29) is 0 Å². The lowest BCUT2D eigenvalue weighted by atomic mass is 10.2. The number of halogens is 1. The minimum atomic E-state index is 0.299. The van der Waals surface area contributed by atoms with E-state index in [2.05, 4.69) is 5.43 Å². The number of nitrogens with one attached hydrogen (secondary N) is 2. The van der Waals surface area contributed by atoms with Crippen LogP contribution in [-0.2, 0) is 0 Å². The van der Waals surface area contributed by atoms with Crippen LogP contribution in [0.5, 0.6) is 0 Å². The van der Waals surface area contributed by atoms with Crippen molar-refractivity contribution in [1.29, 1.82) is 5.41 Å². The molecule has 4 heteroatoms. The molecule has 2 N–H and O–H groups in total. The summed E-state index contributed by atoms with van der Waals surface area (Å²) >= 11 is 5.48. The average molecular weight is 162 g/mol. The zero-order valence-corrected chi connectivity index (χ0v) is 6.62. The predicted molar refractivity (Wildman–Crippen MR) is 42.4 cm³/mol. The maximum atomic E-state index is 7.36. The van der Waals surface area contributed by atoms with E-state index in [0.717, 1.165) is 19.5 Å². The Kier molecular flexibility index (Phi) is 2.96. The minimum Gasteiger partial charge on any atom is -0.295 e. The molecule has 1 aliphatic rings. The topological polar surface area (TPSA) is 39.1 Å². The van der Waals surface area contributed by atoms with Gasteiger partial charge in [-0.15, -0.1) is 11.6 Å². The van der Waals surface area contributed by atoms with E-state index >= 15 is 0 Å². The summed E-state index contributed by atoms with van der Waals surface area (Å²) in [7, 11) is 0. The molecule has 0 aromatic rings. The first kappa shape index (κ1) is 7.82. The second kappa shape index (κ2) is 3.78. The van der Waals surface area contributed by atoms with Gasteiger partial charge in [-0.25, -0.2) is 5.43 Å². The van der Waals surface area contributed by atoms with Crippen LogP contribution in [0, 0.1) is 5.41 Å². The Morgan fingerprint density at radius 1 is 1.60 bits per heavy atom. The molecule has 0 bridgehead atoms. The van der Waals surface area contributed by atoms with Crippen molar-refractivity contribution in [2.45, 2.75) is 12.8 Å².